The molecular weight excluding hydrogens is 284 g/mol. The van der Waals surface area contributed by atoms with Crippen molar-refractivity contribution in [3.05, 3.63) is 0 Å². The van der Waals surface area contributed by atoms with E-state index in [1.54, 1.807) is 0 Å². The van der Waals surface area contributed by atoms with Crippen molar-refractivity contribution in [2.75, 3.05) is 31.6 Å². The number of hydrogen-bond donors (Lipinski definition) is 1. The van der Waals surface area contributed by atoms with Crippen LogP contribution in [0.1, 0.15) is 60.3 Å². The predicted octanol–water partition coefficient (Wildman–Crippen LogP) is 2.69. The Morgan fingerprint density at radius 2 is 1.57 bits per heavy atom. The van der Waals surface area contributed by atoms with Crippen LogP contribution in [-0.2, 0) is 9.84 Å². The fourth-order valence-corrected chi connectivity index (χ4v) is 4.31. The molecule has 0 aliphatic carbocycles. The van der Waals surface area contributed by atoms with E-state index in [9.17, 15) is 8.42 Å². The first-order valence-electron chi connectivity index (χ1n) is 8.47. The summed E-state index contributed by atoms with van der Waals surface area (Å²) in [5.74, 6) is 0.288. The van der Waals surface area contributed by atoms with Gasteiger partial charge in [-0.25, -0.2) is 8.42 Å². The summed E-state index contributed by atoms with van der Waals surface area (Å²) in [5.41, 5.74) is 0.122. The average Bonchev–Trinajstić information content (AvgIpc) is 2.43. The maximum atomic E-state index is 11.4. The molecule has 0 aromatic carbocycles. The van der Waals surface area contributed by atoms with E-state index >= 15 is 0 Å². The van der Waals surface area contributed by atoms with Gasteiger partial charge in [0, 0.05) is 23.6 Å². The number of hydrogen-bond acceptors (Lipinski definition) is 4. The van der Waals surface area contributed by atoms with Crippen molar-refractivity contribution in [1.29, 1.82) is 0 Å². The van der Waals surface area contributed by atoms with Crippen molar-refractivity contribution in [2.45, 2.75) is 71.9 Å². The van der Waals surface area contributed by atoms with E-state index in [-0.39, 0.29) is 11.3 Å². The van der Waals surface area contributed by atoms with Gasteiger partial charge < -0.3 is 5.32 Å². The highest BCUT2D eigenvalue weighted by atomic mass is 32.2. The molecule has 0 fully saturated rings. The molecule has 1 N–H and O–H groups in total. The summed E-state index contributed by atoms with van der Waals surface area (Å²) in [4.78, 5) is 2.54. The van der Waals surface area contributed by atoms with E-state index in [1.807, 2.05) is 0 Å². The van der Waals surface area contributed by atoms with Gasteiger partial charge in [-0.3, -0.25) is 4.90 Å². The lowest BCUT2D eigenvalue weighted by Gasteiger charge is -2.48. The van der Waals surface area contributed by atoms with Crippen molar-refractivity contribution in [1.82, 2.24) is 10.2 Å². The topological polar surface area (TPSA) is 49.4 Å². The normalized spacial score (nSPS) is 14.6. The third kappa shape index (κ3) is 6.25. The summed E-state index contributed by atoms with van der Waals surface area (Å²) >= 11 is 0. The van der Waals surface area contributed by atoms with Gasteiger partial charge in [0.05, 0.1) is 0 Å². The maximum absolute atomic E-state index is 11.4. The van der Waals surface area contributed by atoms with Crippen LogP contribution in [0.25, 0.3) is 0 Å². The maximum Gasteiger partial charge on any atom is 0.147 e. The monoisotopic (exact) mass is 320 g/mol. The SMILES string of the molecule is CCNC(CCCS(C)(=O)=O)C(CC)(CC)N(CC)CC. The summed E-state index contributed by atoms with van der Waals surface area (Å²) in [6.45, 7) is 14.0. The Morgan fingerprint density at radius 3 is 1.90 bits per heavy atom. The molecule has 128 valence electrons. The third-order valence-corrected chi connectivity index (χ3v) is 5.76. The van der Waals surface area contributed by atoms with Crippen molar-refractivity contribution in [3.8, 4) is 0 Å². The highest BCUT2D eigenvalue weighted by Gasteiger charge is 2.39. The third-order valence-electron chi connectivity index (χ3n) is 4.72. The standard InChI is InChI=1S/C16H36N2O2S/c1-7-16(8-2,18(10-4)11-5)15(17-9-3)13-12-14-21(6,19)20/h15,17H,7-14H2,1-6H3. The Hall–Kier alpha value is -0.130. The molecule has 0 aromatic heterocycles. The number of nitrogens with zero attached hydrogens (tertiary/aromatic N) is 1. The fourth-order valence-electron chi connectivity index (χ4n) is 3.62. The van der Waals surface area contributed by atoms with Crippen molar-refractivity contribution in [3.63, 3.8) is 0 Å². The first-order valence-corrected chi connectivity index (χ1v) is 10.5. The van der Waals surface area contributed by atoms with Crippen LogP contribution in [0.2, 0.25) is 0 Å². The van der Waals surface area contributed by atoms with Gasteiger partial charge in [0.25, 0.3) is 0 Å². The molecule has 0 amide bonds. The Morgan fingerprint density at radius 1 is 1.05 bits per heavy atom. The quantitative estimate of drug-likeness (QED) is 0.601. The summed E-state index contributed by atoms with van der Waals surface area (Å²) in [7, 11) is -2.87. The van der Waals surface area contributed by atoms with E-state index in [0.717, 1.165) is 45.3 Å². The minimum absolute atomic E-state index is 0.122. The van der Waals surface area contributed by atoms with E-state index in [0.29, 0.717) is 6.04 Å². The highest BCUT2D eigenvalue weighted by Crippen LogP contribution is 2.30. The lowest BCUT2D eigenvalue weighted by Crippen LogP contribution is -2.60. The first-order chi connectivity index (χ1) is 9.81. The Bertz CT molecular complexity index is 360. The highest BCUT2D eigenvalue weighted by molar-refractivity contribution is 7.90. The van der Waals surface area contributed by atoms with Crippen LogP contribution in [0.5, 0.6) is 0 Å². The van der Waals surface area contributed by atoms with Gasteiger partial charge in [0.1, 0.15) is 9.84 Å². The smallest absolute Gasteiger partial charge is 0.147 e. The van der Waals surface area contributed by atoms with Crippen LogP contribution in [0, 0.1) is 0 Å². The molecule has 0 rings (SSSR count). The summed E-state index contributed by atoms with van der Waals surface area (Å²) in [6.07, 6.45) is 5.15. The molecule has 1 atom stereocenters. The molecule has 0 spiro atoms. The number of nitrogens with one attached hydrogen (secondary N) is 1. The van der Waals surface area contributed by atoms with Crippen LogP contribution in [0.4, 0.5) is 0 Å². The zero-order valence-electron chi connectivity index (χ0n) is 14.9. The van der Waals surface area contributed by atoms with Crippen molar-refractivity contribution < 1.29 is 8.42 Å². The summed E-state index contributed by atoms with van der Waals surface area (Å²) in [5, 5.41) is 3.62. The van der Waals surface area contributed by atoms with Gasteiger partial charge in [-0.1, -0.05) is 34.6 Å². The molecule has 0 heterocycles. The second-order valence-electron chi connectivity index (χ2n) is 5.87. The lowest BCUT2D eigenvalue weighted by molar-refractivity contribution is 0.0464. The second kappa shape index (κ2) is 9.80. The largest absolute Gasteiger partial charge is 0.312 e. The summed E-state index contributed by atoms with van der Waals surface area (Å²) in [6, 6.07) is 0.346. The molecule has 5 heteroatoms. The van der Waals surface area contributed by atoms with Gasteiger partial charge in [0.2, 0.25) is 0 Å². The number of sulfone groups is 1. The van der Waals surface area contributed by atoms with E-state index in [4.69, 9.17) is 0 Å². The zero-order chi connectivity index (χ0) is 16.5. The molecule has 0 aliphatic rings. The second-order valence-corrected chi connectivity index (χ2v) is 8.13. The van der Waals surface area contributed by atoms with E-state index in [1.165, 1.54) is 6.26 Å². The fraction of sp³-hybridized carbons (Fsp3) is 1.00. The van der Waals surface area contributed by atoms with Crippen LogP contribution in [-0.4, -0.2) is 56.5 Å². The van der Waals surface area contributed by atoms with Gasteiger partial charge in [-0.15, -0.1) is 0 Å². The van der Waals surface area contributed by atoms with Crippen LogP contribution < -0.4 is 5.32 Å². The molecule has 0 saturated carbocycles. The zero-order valence-corrected chi connectivity index (χ0v) is 15.7. The molecule has 21 heavy (non-hydrogen) atoms. The molecule has 0 aliphatic heterocycles. The van der Waals surface area contributed by atoms with Gasteiger partial charge in [-0.2, -0.15) is 0 Å². The molecule has 0 saturated heterocycles. The number of likely N-dealkylation sites (N-methyl/N-ethyl adjacent to an activating group) is 2. The van der Waals surface area contributed by atoms with Gasteiger partial charge in [-0.05, 0) is 45.3 Å². The molecule has 4 nitrogen and oxygen atoms in total. The first kappa shape index (κ1) is 20.9. The van der Waals surface area contributed by atoms with Gasteiger partial charge in [0.15, 0.2) is 0 Å². The number of rotatable bonds is 12. The Balaban J connectivity index is 5.14. The molecule has 0 bridgehead atoms. The van der Waals surface area contributed by atoms with Crippen LogP contribution in [0.15, 0.2) is 0 Å². The van der Waals surface area contributed by atoms with Crippen LogP contribution >= 0.6 is 0 Å². The van der Waals surface area contributed by atoms with E-state index in [2.05, 4.69) is 44.8 Å². The summed E-state index contributed by atoms with van der Waals surface area (Å²) < 4.78 is 22.7. The lowest BCUT2D eigenvalue weighted by atomic mass is 9.80. The Kier molecular flexibility index (Phi) is 9.74. The molecule has 0 aromatic rings. The predicted molar refractivity (Wildman–Crippen MR) is 92.6 cm³/mol. The minimum atomic E-state index is -2.87. The van der Waals surface area contributed by atoms with Gasteiger partial charge >= 0.3 is 0 Å². The van der Waals surface area contributed by atoms with Crippen LogP contribution in [0.3, 0.4) is 0 Å². The van der Waals surface area contributed by atoms with Crippen molar-refractivity contribution >= 4 is 9.84 Å². The molecule has 1 unspecified atom stereocenters. The minimum Gasteiger partial charge on any atom is -0.312 e. The Labute approximate surface area is 132 Å². The molecule has 0 radical (unpaired) electrons. The molecular formula is C16H36N2O2S. The van der Waals surface area contributed by atoms with Crippen molar-refractivity contribution in [2.24, 2.45) is 0 Å². The average molecular weight is 321 g/mol. The van der Waals surface area contributed by atoms with E-state index < -0.39 is 9.84 Å².